The summed E-state index contributed by atoms with van der Waals surface area (Å²) in [6.07, 6.45) is 2.73. The van der Waals surface area contributed by atoms with Crippen LogP contribution in [0.15, 0.2) is 30.5 Å². The molecule has 1 aliphatic rings. The summed E-state index contributed by atoms with van der Waals surface area (Å²) in [4.78, 5) is 12.4. The molecular weight excluding hydrogens is 372 g/mol. The van der Waals surface area contributed by atoms with Gasteiger partial charge < -0.3 is 5.32 Å². The summed E-state index contributed by atoms with van der Waals surface area (Å²) in [6, 6.07) is 6.46. The van der Waals surface area contributed by atoms with Crippen LogP contribution in [0.5, 0.6) is 0 Å². The molecule has 27 heavy (non-hydrogen) atoms. The van der Waals surface area contributed by atoms with Gasteiger partial charge in [0.15, 0.2) is 5.69 Å². The van der Waals surface area contributed by atoms with Crippen molar-refractivity contribution in [3.8, 4) is 0 Å². The lowest BCUT2D eigenvalue weighted by atomic mass is 9.80. The molecule has 1 amide bonds. The number of hydrogen-bond donors (Lipinski definition) is 1. The largest absolute Gasteiger partial charge is 0.319 e. The zero-order valence-electron chi connectivity index (χ0n) is 15.5. The van der Waals surface area contributed by atoms with Crippen molar-refractivity contribution in [1.82, 2.24) is 9.78 Å². The number of benzene rings is 1. The van der Waals surface area contributed by atoms with Gasteiger partial charge in [0.25, 0.3) is 12.3 Å². The second kappa shape index (κ2) is 8.38. The summed E-state index contributed by atoms with van der Waals surface area (Å²) in [5.74, 6) is 0.823. The Kier molecular flexibility index (Phi) is 6.15. The highest BCUT2D eigenvalue weighted by atomic mass is 35.5. The molecule has 0 radical (unpaired) electrons. The predicted molar refractivity (Wildman–Crippen MR) is 102 cm³/mol. The first-order chi connectivity index (χ1) is 12.8. The highest BCUT2D eigenvalue weighted by Gasteiger charge is 2.27. The topological polar surface area (TPSA) is 46.9 Å². The fourth-order valence-corrected chi connectivity index (χ4v) is 3.90. The van der Waals surface area contributed by atoms with Crippen molar-refractivity contribution in [3.05, 3.63) is 46.7 Å². The minimum Gasteiger partial charge on any atom is -0.319 e. The average molecular weight is 396 g/mol. The normalized spacial score (nSPS) is 20.3. The van der Waals surface area contributed by atoms with E-state index < -0.39 is 18.0 Å². The molecule has 1 aliphatic carbocycles. The molecule has 1 saturated carbocycles. The van der Waals surface area contributed by atoms with Crippen molar-refractivity contribution in [3.63, 3.8) is 0 Å². The number of anilines is 1. The Bertz CT molecular complexity index is 798. The quantitative estimate of drug-likeness (QED) is 0.663. The van der Waals surface area contributed by atoms with Crippen LogP contribution in [0.3, 0.4) is 0 Å². The van der Waals surface area contributed by atoms with Gasteiger partial charge in [0.1, 0.15) is 0 Å². The van der Waals surface area contributed by atoms with E-state index >= 15 is 0 Å². The van der Waals surface area contributed by atoms with E-state index in [9.17, 15) is 13.6 Å². The van der Waals surface area contributed by atoms with Gasteiger partial charge in [0, 0.05) is 16.8 Å². The lowest BCUT2D eigenvalue weighted by Gasteiger charge is -2.30. The number of alkyl halides is 2. The van der Waals surface area contributed by atoms with Gasteiger partial charge >= 0.3 is 0 Å². The number of carbonyl (C=O) groups excluding carboxylic acids is 1. The van der Waals surface area contributed by atoms with E-state index in [0.29, 0.717) is 22.4 Å². The first-order valence-electron chi connectivity index (χ1n) is 9.29. The number of nitrogens with one attached hydrogen (secondary N) is 1. The summed E-state index contributed by atoms with van der Waals surface area (Å²) in [5, 5.41) is 7.07. The minimum absolute atomic E-state index is 0.0564. The highest BCUT2D eigenvalue weighted by molar-refractivity contribution is 6.31. The Morgan fingerprint density at radius 1 is 1.26 bits per heavy atom. The Morgan fingerprint density at radius 3 is 2.56 bits per heavy atom. The number of rotatable bonds is 5. The molecule has 0 aliphatic heterocycles. The Labute approximate surface area is 162 Å². The number of amides is 1. The smallest absolute Gasteiger partial charge is 0.284 e. The summed E-state index contributed by atoms with van der Waals surface area (Å²) in [7, 11) is 0. The first kappa shape index (κ1) is 19.8. The molecule has 1 heterocycles. The van der Waals surface area contributed by atoms with Crippen LogP contribution in [0, 0.1) is 11.8 Å². The fourth-order valence-electron chi connectivity index (χ4n) is 3.71. The SMILES string of the molecule is CC(C)C1CCC(n2cc(NC(=O)c3cccc(Cl)c3)c(C(F)F)n2)CC1. The molecule has 1 aromatic heterocycles. The van der Waals surface area contributed by atoms with Crippen LogP contribution in [-0.4, -0.2) is 15.7 Å². The Balaban J connectivity index is 1.77. The standard InChI is InChI=1S/C20H24ClF2N3O/c1-12(2)13-6-8-16(9-7-13)26-11-17(18(25-26)19(22)23)24-20(27)14-4-3-5-15(21)10-14/h3-5,10-13,16,19H,6-9H2,1-2H3,(H,24,27). The summed E-state index contributed by atoms with van der Waals surface area (Å²) >= 11 is 5.90. The molecular formula is C20H24ClF2N3O. The molecule has 0 spiro atoms. The van der Waals surface area contributed by atoms with Crippen LogP contribution in [0.25, 0.3) is 0 Å². The molecule has 0 saturated heterocycles. The van der Waals surface area contributed by atoms with Gasteiger partial charge in [0.2, 0.25) is 0 Å². The molecule has 2 aromatic rings. The van der Waals surface area contributed by atoms with Crippen LogP contribution in [0.4, 0.5) is 14.5 Å². The van der Waals surface area contributed by atoms with E-state index in [1.807, 2.05) is 0 Å². The maximum Gasteiger partial charge on any atom is 0.284 e. The van der Waals surface area contributed by atoms with Gasteiger partial charge in [-0.25, -0.2) is 8.78 Å². The lowest BCUT2D eigenvalue weighted by molar-refractivity contribution is 0.102. The van der Waals surface area contributed by atoms with E-state index in [1.54, 1.807) is 22.9 Å². The van der Waals surface area contributed by atoms with Crippen molar-refractivity contribution in [2.45, 2.75) is 52.0 Å². The third kappa shape index (κ3) is 4.67. The third-order valence-electron chi connectivity index (χ3n) is 5.36. The van der Waals surface area contributed by atoms with Crippen molar-refractivity contribution < 1.29 is 13.6 Å². The summed E-state index contributed by atoms with van der Waals surface area (Å²) in [5.41, 5.74) is -0.0229. The molecule has 3 rings (SSSR count). The molecule has 4 nitrogen and oxygen atoms in total. The van der Waals surface area contributed by atoms with Gasteiger partial charge in [-0.1, -0.05) is 31.5 Å². The molecule has 0 bridgehead atoms. The molecule has 1 fully saturated rings. The lowest BCUT2D eigenvalue weighted by Crippen LogP contribution is -2.21. The number of aromatic nitrogens is 2. The van der Waals surface area contributed by atoms with E-state index in [2.05, 4.69) is 24.3 Å². The molecule has 7 heteroatoms. The number of hydrogen-bond acceptors (Lipinski definition) is 2. The van der Waals surface area contributed by atoms with Crippen LogP contribution in [-0.2, 0) is 0 Å². The molecule has 1 aromatic carbocycles. The molecule has 1 N–H and O–H groups in total. The van der Waals surface area contributed by atoms with E-state index in [4.69, 9.17) is 11.6 Å². The maximum atomic E-state index is 13.4. The van der Waals surface area contributed by atoms with Gasteiger partial charge in [0.05, 0.1) is 11.7 Å². The molecule has 146 valence electrons. The Hall–Kier alpha value is -1.95. The van der Waals surface area contributed by atoms with Crippen molar-refractivity contribution in [2.75, 3.05) is 5.32 Å². The van der Waals surface area contributed by atoms with Crippen molar-refractivity contribution in [1.29, 1.82) is 0 Å². The first-order valence-corrected chi connectivity index (χ1v) is 9.67. The number of halogens is 3. The van der Waals surface area contributed by atoms with Crippen LogP contribution < -0.4 is 5.32 Å². The van der Waals surface area contributed by atoms with E-state index in [-0.39, 0.29) is 11.7 Å². The number of carbonyl (C=O) groups is 1. The van der Waals surface area contributed by atoms with Gasteiger partial charge in [-0.05, 0) is 55.7 Å². The van der Waals surface area contributed by atoms with E-state index in [1.165, 1.54) is 12.3 Å². The third-order valence-corrected chi connectivity index (χ3v) is 5.60. The monoisotopic (exact) mass is 395 g/mol. The molecule has 0 atom stereocenters. The van der Waals surface area contributed by atoms with E-state index in [0.717, 1.165) is 25.7 Å². The van der Waals surface area contributed by atoms with Crippen LogP contribution in [0.1, 0.15) is 68.0 Å². The van der Waals surface area contributed by atoms with Crippen LogP contribution in [0.2, 0.25) is 5.02 Å². The Morgan fingerprint density at radius 2 is 1.96 bits per heavy atom. The maximum absolute atomic E-state index is 13.4. The second-order valence-electron chi connectivity index (χ2n) is 7.49. The predicted octanol–water partition coefficient (Wildman–Crippen LogP) is 6.11. The van der Waals surface area contributed by atoms with Gasteiger partial charge in [-0.2, -0.15) is 5.10 Å². The van der Waals surface area contributed by atoms with Crippen molar-refractivity contribution in [2.24, 2.45) is 11.8 Å². The zero-order chi connectivity index (χ0) is 19.6. The average Bonchev–Trinajstić information content (AvgIpc) is 3.06. The fraction of sp³-hybridized carbons (Fsp3) is 0.500. The van der Waals surface area contributed by atoms with Gasteiger partial charge in [-0.3, -0.25) is 9.48 Å². The van der Waals surface area contributed by atoms with Gasteiger partial charge in [-0.15, -0.1) is 0 Å². The van der Waals surface area contributed by atoms with Crippen LogP contribution >= 0.6 is 11.6 Å². The highest BCUT2D eigenvalue weighted by Crippen LogP contribution is 2.37. The van der Waals surface area contributed by atoms with Crippen molar-refractivity contribution >= 4 is 23.2 Å². The minimum atomic E-state index is -2.76. The number of nitrogens with zero attached hydrogens (tertiary/aromatic N) is 2. The summed E-state index contributed by atoms with van der Waals surface area (Å²) < 4.78 is 28.5. The second-order valence-corrected chi connectivity index (χ2v) is 7.92. The molecule has 0 unspecified atom stereocenters. The summed E-state index contributed by atoms with van der Waals surface area (Å²) in [6.45, 7) is 4.44. The zero-order valence-corrected chi connectivity index (χ0v) is 16.2.